The van der Waals surface area contributed by atoms with E-state index in [4.69, 9.17) is 4.52 Å². The maximum absolute atomic E-state index is 11.4. The summed E-state index contributed by atoms with van der Waals surface area (Å²) in [7, 11) is 0. The number of allylic oxidation sites excluding steroid dienone is 1. The zero-order valence-electron chi connectivity index (χ0n) is 10.7. The lowest BCUT2D eigenvalue weighted by atomic mass is 9.91. The third-order valence-electron chi connectivity index (χ3n) is 3.37. The number of hydrogen-bond donors (Lipinski definition) is 1. The van der Waals surface area contributed by atoms with Crippen molar-refractivity contribution in [1.29, 1.82) is 0 Å². The van der Waals surface area contributed by atoms with E-state index >= 15 is 0 Å². The van der Waals surface area contributed by atoms with Crippen LogP contribution in [0.1, 0.15) is 22.6 Å². The zero-order valence-corrected chi connectivity index (χ0v) is 10.7. The summed E-state index contributed by atoms with van der Waals surface area (Å²) in [5, 5.41) is 13.8. The number of nitrogens with zero attached hydrogens (tertiary/aromatic N) is 1. The quantitative estimate of drug-likeness (QED) is 0.850. The topological polar surface area (TPSA) is 63.3 Å². The van der Waals surface area contributed by atoms with E-state index in [9.17, 15) is 9.90 Å². The van der Waals surface area contributed by atoms with Crippen LogP contribution >= 0.6 is 0 Å². The Morgan fingerprint density at radius 3 is 2.79 bits per heavy atom. The van der Waals surface area contributed by atoms with Crippen molar-refractivity contribution in [3.05, 3.63) is 46.9 Å². The number of aliphatic hydroxyl groups excluding tert-OH is 1. The SMILES string of the molecule is Cc1noc(C)c1-c1ccc2c(c1)C(O)=CC(=O)C2. The smallest absolute Gasteiger partial charge is 0.163 e. The molecule has 1 N–H and O–H groups in total. The molecular weight excluding hydrogens is 242 g/mol. The van der Waals surface area contributed by atoms with E-state index in [0.29, 0.717) is 12.0 Å². The van der Waals surface area contributed by atoms with Crippen LogP contribution in [0.25, 0.3) is 16.9 Å². The van der Waals surface area contributed by atoms with E-state index in [1.54, 1.807) is 0 Å². The van der Waals surface area contributed by atoms with Gasteiger partial charge in [0.15, 0.2) is 5.78 Å². The molecule has 1 aliphatic carbocycles. The highest BCUT2D eigenvalue weighted by Gasteiger charge is 2.19. The number of aliphatic hydroxyl groups is 1. The van der Waals surface area contributed by atoms with Crippen LogP contribution in [0.2, 0.25) is 0 Å². The van der Waals surface area contributed by atoms with E-state index in [0.717, 1.165) is 28.1 Å². The Bertz CT molecular complexity index is 691. The summed E-state index contributed by atoms with van der Waals surface area (Å²) in [6, 6.07) is 5.68. The first-order valence-corrected chi connectivity index (χ1v) is 6.06. The number of fused-ring (bicyclic) bond motifs is 1. The van der Waals surface area contributed by atoms with Gasteiger partial charge < -0.3 is 9.63 Å². The molecule has 0 radical (unpaired) electrons. The van der Waals surface area contributed by atoms with Gasteiger partial charge in [-0.15, -0.1) is 0 Å². The van der Waals surface area contributed by atoms with Gasteiger partial charge in [-0.05, 0) is 31.0 Å². The molecule has 0 unspecified atom stereocenters. The number of ketones is 1. The van der Waals surface area contributed by atoms with Crippen LogP contribution in [0, 0.1) is 13.8 Å². The lowest BCUT2D eigenvalue weighted by Gasteiger charge is -2.14. The number of aromatic nitrogens is 1. The van der Waals surface area contributed by atoms with Gasteiger partial charge in [-0.2, -0.15) is 0 Å². The summed E-state index contributed by atoms with van der Waals surface area (Å²) in [5.74, 6) is 0.697. The van der Waals surface area contributed by atoms with Crippen molar-refractivity contribution in [2.45, 2.75) is 20.3 Å². The molecule has 0 aliphatic heterocycles. The van der Waals surface area contributed by atoms with Crippen molar-refractivity contribution >= 4 is 11.5 Å². The van der Waals surface area contributed by atoms with E-state index in [1.165, 1.54) is 6.08 Å². The summed E-state index contributed by atoms with van der Waals surface area (Å²) in [6.07, 6.45) is 1.61. The Morgan fingerprint density at radius 1 is 1.32 bits per heavy atom. The molecule has 0 bridgehead atoms. The fraction of sp³-hybridized carbons (Fsp3) is 0.200. The van der Waals surface area contributed by atoms with Crippen molar-refractivity contribution < 1.29 is 14.4 Å². The van der Waals surface area contributed by atoms with E-state index in [-0.39, 0.29) is 11.5 Å². The van der Waals surface area contributed by atoms with Crippen LogP contribution in [-0.2, 0) is 11.2 Å². The summed E-state index contributed by atoms with van der Waals surface area (Å²) in [4.78, 5) is 11.4. The molecule has 19 heavy (non-hydrogen) atoms. The van der Waals surface area contributed by atoms with Crippen LogP contribution in [0.15, 0.2) is 28.8 Å². The van der Waals surface area contributed by atoms with Gasteiger partial charge in [0.1, 0.15) is 11.5 Å². The first-order chi connectivity index (χ1) is 9.06. The van der Waals surface area contributed by atoms with Crippen molar-refractivity contribution in [2.24, 2.45) is 0 Å². The van der Waals surface area contributed by atoms with E-state index in [2.05, 4.69) is 5.16 Å². The Balaban J connectivity index is 2.17. The predicted molar refractivity (Wildman–Crippen MR) is 70.7 cm³/mol. The monoisotopic (exact) mass is 255 g/mol. The number of carbonyl (C=O) groups is 1. The molecule has 2 aromatic rings. The molecule has 0 fully saturated rings. The van der Waals surface area contributed by atoms with Crippen molar-refractivity contribution in [2.75, 3.05) is 0 Å². The van der Waals surface area contributed by atoms with E-state index < -0.39 is 0 Å². The van der Waals surface area contributed by atoms with Crippen molar-refractivity contribution in [1.82, 2.24) is 5.16 Å². The highest BCUT2D eigenvalue weighted by atomic mass is 16.5. The normalized spacial score (nSPS) is 14.2. The maximum atomic E-state index is 11.4. The lowest BCUT2D eigenvalue weighted by Crippen LogP contribution is -2.09. The van der Waals surface area contributed by atoms with Crippen molar-refractivity contribution in [3.63, 3.8) is 0 Å². The van der Waals surface area contributed by atoms with Crippen LogP contribution in [-0.4, -0.2) is 16.0 Å². The minimum Gasteiger partial charge on any atom is -0.507 e. The van der Waals surface area contributed by atoms with Gasteiger partial charge in [0.05, 0.1) is 5.69 Å². The highest BCUT2D eigenvalue weighted by molar-refractivity contribution is 6.00. The predicted octanol–water partition coefficient (Wildman–Crippen LogP) is 2.98. The molecule has 1 aliphatic rings. The van der Waals surface area contributed by atoms with Crippen molar-refractivity contribution in [3.8, 4) is 11.1 Å². The van der Waals surface area contributed by atoms with Crippen LogP contribution in [0.3, 0.4) is 0 Å². The summed E-state index contributed by atoms with van der Waals surface area (Å²) < 4.78 is 5.16. The highest BCUT2D eigenvalue weighted by Crippen LogP contribution is 2.32. The van der Waals surface area contributed by atoms with E-state index in [1.807, 2.05) is 32.0 Å². The van der Waals surface area contributed by atoms with Gasteiger partial charge in [0, 0.05) is 23.6 Å². The second-order valence-electron chi connectivity index (χ2n) is 4.74. The second kappa shape index (κ2) is 4.09. The molecule has 0 spiro atoms. The van der Waals surface area contributed by atoms with Crippen LogP contribution in [0.5, 0.6) is 0 Å². The molecule has 0 saturated heterocycles. The molecule has 96 valence electrons. The molecule has 0 amide bonds. The molecule has 3 rings (SSSR count). The van der Waals surface area contributed by atoms with Gasteiger partial charge in [-0.3, -0.25) is 4.79 Å². The standard InChI is InChI=1S/C15H13NO3/c1-8-15(9(2)19-16-8)11-4-3-10-5-12(17)7-14(18)13(10)6-11/h3-4,6-7,18H,5H2,1-2H3. The zero-order chi connectivity index (χ0) is 13.6. The average Bonchev–Trinajstić information content (AvgIpc) is 2.69. The van der Waals surface area contributed by atoms with Gasteiger partial charge in [0.2, 0.25) is 0 Å². The third-order valence-corrected chi connectivity index (χ3v) is 3.37. The van der Waals surface area contributed by atoms with Gasteiger partial charge in [0.25, 0.3) is 0 Å². The molecule has 1 heterocycles. The average molecular weight is 255 g/mol. The second-order valence-corrected chi connectivity index (χ2v) is 4.74. The Hall–Kier alpha value is -2.36. The maximum Gasteiger partial charge on any atom is 0.163 e. The summed E-state index contributed by atoms with van der Waals surface area (Å²) in [5.41, 5.74) is 4.24. The van der Waals surface area contributed by atoms with Crippen LogP contribution < -0.4 is 0 Å². The van der Waals surface area contributed by atoms with Crippen LogP contribution in [0.4, 0.5) is 0 Å². The van der Waals surface area contributed by atoms with Gasteiger partial charge in [-0.25, -0.2) is 0 Å². The molecular formula is C15H13NO3. The third kappa shape index (κ3) is 1.85. The molecule has 4 heteroatoms. The molecule has 0 atom stereocenters. The Labute approximate surface area is 110 Å². The Morgan fingerprint density at radius 2 is 2.11 bits per heavy atom. The Kier molecular flexibility index (Phi) is 2.52. The number of aryl methyl sites for hydroxylation is 2. The first kappa shape index (κ1) is 11.7. The number of carbonyl (C=O) groups excluding carboxylic acids is 1. The molecule has 1 aromatic carbocycles. The number of hydrogen-bond acceptors (Lipinski definition) is 4. The summed E-state index contributed by atoms with van der Waals surface area (Å²) >= 11 is 0. The lowest BCUT2D eigenvalue weighted by molar-refractivity contribution is -0.114. The molecule has 4 nitrogen and oxygen atoms in total. The van der Waals surface area contributed by atoms with Gasteiger partial charge in [-0.1, -0.05) is 17.3 Å². The fourth-order valence-corrected chi connectivity index (χ4v) is 2.49. The molecule has 1 aromatic heterocycles. The summed E-state index contributed by atoms with van der Waals surface area (Å²) in [6.45, 7) is 3.73. The fourth-order valence-electron chi connectivity index (χ4n) is 2.49. The van der Waals surface area contributed by atoms with Gasteiger partial charge >= 0.3 is 0 Å². The number of rotatable bonds is 1. The minimum atomic E-state index is -0.0740. The largest absolute Gasteiger partial charge is 0.507 e. The first-order valence-electron chi connectivity index (χ1n) is 6.06. The molecule has 0 saturated carbocycles. The number of benzene rings is 1. The minimum absolute atomic E-state index is 0.0276.